The van der Waals surface area contributed by atoms with Gasteiger partial charge in [0.15, 0.2) is 0 Å². The van der Waals surface area contributed by atoms with E-state index in [2.05, 4.69) is 37.9 Å². The van der Waals surface area contributed by atoms with Crippen molar-refractivity contribution in [2.45, 2.75) is 59.3 Å². The first kappa shape index (κ1) is 13.1. The van der Waals surface area contributed by atoms with Crippen LogP contribution in [-0.4, -0.2) is 10.2 Å². The SMILES string of the molecule is CC(C)c1nncc2c1CCC1C(CC2)C1C(C)C. The average molecular weight is 258 g/mol. The minimum Gasteiger partial charge on any atom is -0.159 e. The zero-order chi connectivity index (χ0) is 13.6. The lowest BCUT2D eigenvalue weighted by Gasteiger charge is -2.17. The van der Waals surface area contributed by atoms with Crippen LogP contribution in [0.4, 0.5) is 0 Å². The Morgan fingerprint density at radius 2 is 1.74 bits per heavy atom. The standard InChI is InChI=1S/C17H26N2/c1-10(2)16-14-6-5-12-9-18-19-17(11(3)4)13(12)7-8-15(14)16/h9-11,14-16H,5-8H2,1-4H3. The molecular formula is C17H26N2. The van der Waals surface area contributed by atoms with Gasteiger partial charge in [0.05, 0.1) is 11.9 Å². The Morgan fingerprint density at radius 3 is 2.37 bits per heavy atom. The third-order valence-corrected chi connectivity index (χ3v) is 5.27. The number of hydrogen-bond donors (Lipinski definition) is 0. The summed E-state index contributed by atoms with van der Waals surface area (Å²) in [5, 5.41) is 8.64. The van der Waals surface area contributed by atoms with E-state index in [4.69, 9.17) is 0 Å². The van der Waals surface area contributed by atoms with Gasteiger partial charge in [-0.1, -0.05) is 27.7 Å². The quantitative estimate of drug-likeness (QED) is 0.801. The highest BCUT2D eigenvalue weighted by Crippen LogP contribution is 2.56. The minimum absolute atomic E-state index is 0.498. The number of fused-ring (bicyclic) bond motifs is 2. The van der Waals surface area contributed by atoms with Crippen molar-refractivity contribution < 1.29 is 0 Å². The van der Waals surface area contributed by atoms with Crippen LogP contribution in [0.5, 0.6) is 0 Å². The maximum atomic E-state index is 4.41. The first-order valence-electron chi connectivity index (χ1n) is 7.93. The van der Waals surface area contributed by atoms with Gasteiger partial charge in [0, 0.05) is 0 Å². The van der Waals surface area contributed by atoms with Gasteiger partial charge in [0.2, 0.25) is 0 Å². The van der Waals surface area contributed by atoms with Crippen LogP contribution in [0.25, 0.3) is 0 Å². The molecule has 0 aliphatic heterocycles. The van der Waals surface area contributed by atoms with Crippen molar-refractivity contribution in [3.8, 4) is 0 Å². The van der Waals surface area contributed by atoms with Gasteiger partial charge >= 0.3 is 0 Å². The van der Waals surface area contributed by atoms with Crippen LogP contribution in [0.2, 0.25) is 0 Å². The normalized spacial score (nSPS) is 29.7. The minimum atomic E-state index is 0.498. The smallest absolute Gasteiger partial charge is 0.0691 e. The van der Waals surface area contributed by atoms with Crippen LogP contribution in [0.15, 0.2) is 6.20 Å². The molecule has 0 aromatic carbocycles. The van der Waals surface area contributed by atoms with Crippen LogP contribution < -0.4 is 0 Å². The predicted molar refractivity (Wildman–Crippen MR) is 78.1 cm³/mol. The second kappa shape index (κ2) is 4.88. The number of nitrogens with zero attached hydrogens (tertiary/aromatic N) is 2. The fourth-order valence-electron chi connectivity index (χ4n) is 4.34. The molecule has 104 valence electrons. The van der Waals surface area contributed by atoms with Crippen molar-refractivity contribution in [3.63, 3.8) is 0 Å². The highest BCUT2D eigenvalue weighted by molar-refractivity contribution is 5.31. The lowest BCUT2D eigenvalue weighted by Crippen LogP contribution is -2.09. The third-order valence-electron chi connectivity index (χ3n) is 5.27. The van der Waals surface area contributed by atoms with E-state index in [1.807, 2.05) is 6.20 Å². The summed E-state index contributed by atoms with van der Waals surface area (Å²) in [6.07, 6.45) is 7.20. The van der Waals surface area contributed by atoms with Crippen molar-refractivity contribution in [2.75, 3.05) is 0 Å². The summed E-state index contributed by atoms with van der Waals surface area (Å²) in [6.45, 7) is 9.26. The van der Waals surface area contributed by atoms with Gasteiger partial charge in [-0.2, -0.15) is 10.2 Å². The molecule has 2 aliphatic carbocycles. The van der Waals surface area contributed by atoms with Gasteiger partial charge in [0.25, 0.3) is 0 Å². The molecule has 1 aromatic rings. The molecule has 2 nitrogen and oxygen atoms in total. The maximum Gasteiger partial charge on any atom is 0.0691 e. The first-order chi connectivity index (χ1) is 9.09. The molecule has 2 heteroatoms. The van der Waals surface area contributed by atoms with E-state index < -0.39 is 0 Å². The zero-order valence-electron chi connectivity index (χ0n) is 12.7. The Balaban J connectivity index is 1.85. The summed E-state index contributed by atoms with van der Waals surface area (Å²) >= 11 is 0. The molecule has 0 spiro atoms. The number of rotatable bonds is 2. The molecule has 1 aromatic heterocycles. The van der Waals surface area contributed by atoms with Crippen molar-refractivity contribution in [2.24, 2.45) is 23.7 Å². The second-order valence-corrected chi connectivity index (χ2v) is 7.11. The van der Waals surface area contributed by atoms with Crippen LogP contribution >= 0.6 is 0 Å². The molecule has 0 amide bonds. The summed E-state index contributed by atoms with van der Waals surface area (Å²) in [5.74, 6) is 4.32. The van der Waals surface area contributed by atoms with Crippen LogP contribution in [0.3, 0.4) is 0 Å². The Bertz CT molecular complexity index is 464. The molecule has 1 heterocycles. The molecule has 3 atom stereocenters. The van der Waals surface area contributed by atoms with E-state index >= 15 is 0 Å². The van der Waals surface area contributed by atoms with Crippen molar-refractivity contribution >= 4 is 0 Å². The van der Waals surface area contributed by atoms with Crippen molar-refractivity contribution in [1.29, 1.82) is 0 Å². The van der Waals surface area contributed by atoms with Crippen molar-refractivity contribution in [3.05, 3.63) is 23.0 Å². The number of hydrogen-bond acceptors (Lipinski definition) is 2. The molecule has 0 bridgehead atoms. The molecule has 3 rings (SSSR count). The first-order valence-corrected chi connectivity index (χ1v) is 7.93. The van der Waals surface area contributed by atoms with Gasteiger partial charge in [0.1, 0.15) is 0 Å². The van der Waals surface area contributed by atoms with E-state index in [-0.39, 0.29) is 0 Å². The molecule has 1 fully saturated rings. The highest BCUT2D eigenvalue weighted by Gasteiger charge is 2.50. The van der Waals surface area contributed by atoms with Crippen LogP contribution in [0.1, 0.15) is 63.3 Å². The summed E-state index contributed by atoms with van der Waals surface area (Å²) in [7, 11) is 0. The second-order valence-electron chi connectivity index (χ2n) is 7.11. The zero-order valence-corrected chi connectivity index (χ0v) is 12.7. The Hall–Kier alpha value is -0.920. The van der Waals surface area contributed by atoms with Gasteiger partial charge in [-0.15, -0.1) is 0 Å². The monoisotopic (exact) mass is 258 g/mol. The molecule has 1 saturated carbocycles. The van der Waals surface area contributed by atoms with Crippen LogP contribution in [-0.2, 0) is 12.8 Å². The van der Waals surface area contributed by atoms with E-state index in [0.29, 0.717) is 5.92 Å². The number of aromatic nitrogens is 2. The van der Waals surface area contributed by atoms with E-state index in [9.17, 15) is 0 Å². The fourth-order valence-corrected chi connectivity index (χ4v) is 4.34. The van der Waals surface area contributed by atoms with Gasteiger partial charge in [-0.25, -0.2) is 0 Å². The largest absolute Gasteiger partial charge is 0.159 e. The van der Waals surface area contributed by atoms with E-state index in [1.165, 1.54) is 42.5 Å². The molecule has 0 saturated heterocycles. The third kappa shape index (κ3) is 2.30. The Kier molecular flexibility index (Phi) is 3.36. The maximum absolute atomic E-state index is 4.41. The molecule has 2 aliphatic rings. The Labute approximate surface area is 117 Å². The predicted octanol–water partition coefficient (Wildman–Crippen LogP) is 4.00. The summed E-state index contributed by atoms with van der Waals surface area (Å²) in [4.78, 5) is 0. The fraction of sp³-hybridized carbons (Fsp3) is 0.765. The summed E-state index contributed by atoms with van der Waals surface area (Å²) in [5.41, 5.74) is 4.25. The van der Waals surface area contributed by atoms with Crippen molar-refractivity contribution in [1.82, 2.24) is 10.2 Å². The lowest BCUT2D eigenvalue weighted by atomic mass is 9.91. The molecule has 0 radical (unpaired) electrons. The van der Waals surface area contributed by atoms with Gasteiger partial charge < -0.3 is 0 Å². The molecule has 0 N–H and O–H groups in total. The summed E-state index contributed by atoms with van der Waals surface area (Å²) < 4.78 is 0. The van der Waals surface area contributed by atoms with Gasteiger partial charge in [-0.05, 0) is 66.4 Å². The van der Waals surface area contributed by atoms with E-state index in [1.54, 1.807) is 0 Å². The lowest BCUT2D eigenvalue weighted by molar-refractivity contribution is 0.491. The highest BCUT2D eigenvalue weighted by atomic mass is 15.1. The molecular weight excluding hydrogens is 232 g/mol. The topological polar surface area (TPSA) is 25.8 Å². The average Bonchev–Trinajstić information content (AvgIpc) is 3.03. The van der Waals surface area contributed by atoms with Gasteiger partial charge in [-0.3, -0.25) is 0 Å². The molecule has 19 heavy (non-hydrogen) atoms. The van der Waals surface area contributed by atoms with E-state index in [0.717, 1.165) is 23.7 Å². The number of aryl methyl sites for hydroxylation is 1. The summed E-state index contributed by atoms with van der Waals surface area (Å²) in [6, 6.07) is 0. The van der Waals surface area contributed by atoms with Crippen LogP contribution in [0, 0.1) is 23.7 Å². The molecule has 3 unspecified atom stereocenters. The Morgan fingerprint density at radius 1 is 1.05 bits per heavy atom.